The maximum Gasteiger partial charge on any atom is 0.414 e. The molecule has 1 saturated heterocycles. The summed E-state index contributed by atoms with van der Waals surface area (Å²) in [5.74, 6) is -3.65. The molecule has 0 saturated carbocycles. The van der Waals surface area contributed by atoms with Crippen molar-refractivity contribution in [2.45, 2.75) is 19.3 Å². The average Bonchev–Trinajstić information content (AvgIpc) is 3.50. The first-order valence-corrected chi connectivity index (χ1v) is 11.6. The predicted molar refractivity (Wildman–Crippen MR) is 133 cm³/mol. The molecule has 8 heteroatoms. The number of aromatic amines is 2. The molecule has 2 aromatic carbocycles. The van der Waals surface area contributed by atoms with Crippen LogP contribution < -0.4 is 4.90 Å². The van der Waals surface area contributed by atoms with Crippen LogP contribution in [0.2, 0.25) is 0 Å². The second kappa shape index (κ2) is 10.9. The Morgan fingerprint density at radius 3 is 2.26 bits per heavy atom. The Hall–Kier alpha value is -3.78. The molecule has 0 atom stereocenters. The van der Waals surface area contributed by atoms with Gasteiger partial charge in [-0.25, -0.2) is 9.59 Å². The number of aliphatic carboxylic acids is 2. The molecule has 2 aromatic heterocycles. The van der Waals surface area contributed by atoms with E-state index >= 15 is 0 Å². The van der Waals surface area contributed by atoms with Crippen molar-refractivity contribution in [2.24, 2.45) is 0 Å². The maximum absolute atomic E-state index is 9.10. The summed E-state index contributed by atoms with van der Waals surface area (Å²) in [7, 11) is 0. The van der Waals surface area contributed by atoms with Gasteiger partial charge in [0.1, 0.15) is 0 Å². The molecule has 4 N–H and O–H groups in total. The fourth-order valence-corrected chi connectivity index (χ4v) is 4.55. The zero-order chi connectivity index (χ0) is 23.9. The summed E-state index contributed by atoms with van der Waals surface area (Å²) >= 11 is 0. The number of aromatic nitrogens is 2. The van der Waals surface area contributed by atoms with Crippen LogP contribution in [0.25, 0.3) is 21.8 Å². The lowest BCUT2D eigenvalue weighted by Crippen LogP contribution is -2.46. The summed E-state index contributed by atoms with van der Waals surface area (Å²) < 4.78 is 0. The first-order valence-electron chi connectivity index (χ1n) is 11.6. The van der Waals surface area contributed by atoms with Crippen LogP contribution in [0.4, 0.5) is 5.69 Å². The van der Waals surface area contributed by atoms with Crippen molar-refractivity contribution in [1.82, 2.24) is 14.9 Å². The van der Waals surface area contributed by atoms with Gasteiger partial charge in [0.25, 0.3) is 0 Å². The number of nitrogens with one attached hydrogen (secondary N) is 2. The Kier molecular flexibility index (Phi) is 7.49. The fraction of sp³-hybridized carbons (Fsp3) is 0.308. The van der Waals surface area contributed by atoms with Crippen molar-refractivity contribution in [3.63, 3.8) is 0 Å². The molecule has 0 aliphatic carbocycles. The number of H-pyrrole nitrogens is 2. The lowest BCUT2D eigenvalue weighted by molar-refractivity contribution is -0.159. The van der Waals surface area contributed by atoms with Gasteiger partial charge < -0.3 is 25.1 Å². The zero-order valence-electron chi connectivity index (χ0n) is 19.0. The van der Waals surface area contributed by atoms with Crippen LogP contribution in [0.1, 0.15) is 18.4 Å². The molecule has 4 aromatic rings. The molecule has 8 nitrogen and oxygen atoms in total. The Bertz CT molecular complexity index is 1240. The number of carboxylic acid groups (broad SMARTS) is 2. The van der Waals surface area contributed by atoms with Crippen molar-refractivity contribution in [2.75, 3.05) is 37.6 Å². The SMILES string of the molecule is O=C(O)C(=O)O.c1ccc2c(CCCCN3CCN(c4cccc5[nH]ccc45)CC3)c[nH]c2c1. The number of rotatable bonds is 6. The van der Waals surface area contributed by atoms with Gasteiger partial charge >= 0.3 is 11.9 Å². The van der Waals surface area contributed by atoms with Crippen LogP contribution in [0, 0.1) is 0 Å². The summed E-state index contributed by atoms with van der Waals surface area (Å²) in [5, 5.41) is 17.5. The predicted octanol–water partition coefficient (Wildman–Crippen LogP) is 3.95. The molecule has 0 bridgehead atoms. The topological polar surface area (TPSA) is 113 Å². The largest absolute Gasteiger partial charge is 0.473 e. The molecule has 1 fully saturated rings. The monoisotopic (exact) mass is 462 g/mol. The number of fused-ring (bicyclic) bond motifs is 2. The molecular weight excluding hydrogens is 432 g/mol. The number of unbranched alkanes of at least 4 members (excludes halogenated alkanes) is 1. The summed E-state index contributed by atoms with van der Waals surface area (Å²) in [5.41, 5.74) is 5.32. The van der Waals surface area contributed by atoms with Crippen molar-refractivity contribution < 1.29 is 19.8 Å². The lowest BCUT2D eigenvalue weighted by atomic mass is 10.1. The Morgan fingerprint density at radius 2 is 1.50 bits per heavy atom. The minimum atomic E-state index is -1.82. The Labute approximate surface area is 197 Å². The summed E-state index contributed by atoms with van der Waals surface area (Å²) in [6.45, 7) is 5.77. The third kappa shape index (κ3) is 5.58. The number of anilines is 1. The number of hydrogen-bond acceptors (Lipinski definition) is 4. The summed E-state index contributed by atoms with van der Waals surface area (Å²) in [6.07, 6.45) is 7.92. The van der Waals surface area contributed by atoms with E-state index in [1.165, 1.54) is 58.9 Å². The van der Waals surface area contributed by atoms with E-state index in [1.807, 2.05) is 6.20 Å². The lowest BCUT2D eigenvalue weighted by Gasteiger charge is -2.36. The van der Waals surface area contributed by atoms with E-state index in [-0.39, 0.29) is 0 Å². The van der Waals surface area contributed by atoms with Crippen LogP contribution in [-0.4, -0.2) is 69.7 Å². The zero-order valence-corrected chi connectivity index (χ0v) is 19.0. The first-order chi connectivity index (χ1) is 16.5. The first kappa shape index (κ1) is 23.4. The highest BCUT2D eigenvalue weighted by Crippen LogP contribution is 2.27. The number of piperazine rings is 1. The second-order valence-corrected chi connectivity index (χ2v) is 8.47. The molecule has 3 heterocycles. The highest BCUT2D eigenvalue weighted by molar-refractivity contribution is 6.27. The van der Waals surface area contributed by atoms with E-state index in [0.717, 1.165) is 26.2 Å². The Balaban J connectivity index is 0.000000408. The highest BCUT2D eigenvalue weighted by Gasteiger charge is 2.18. The van der Waals surface area contributed by atoms with E-state index < -0.39 is 11.9 Å². The molecule has 5 rings (SSSR count). The number of benzene rings is 2. The molecule has 34 heavy (non-hydrogen) atoms. The summed E-state index contributed by atoms with van der Waals surface area (Å²) in [4.78, 5) is 30.1. The third-order valence-electron chi connectivity index (χ3n) is 6.31. The second-order valence-electron chi connectivity index (χ2n) is 8.47. The number of aryl methyl sites for hydroxylation is 1. The van der Waals surface area contributed by atoms with Gasteiger partial charge in [-0.15, -0.1) is 0 Å². The number of carbonyl (C=O) groups is 2. The van der Waals surface area contributed by atoms with Crippen LogP contribution >= 0.6 is 0 Å². The van der Waals surface area contributed by atoms with Crippen LogP contribution in [0.15, 0.2) is 60.9 Å². The molecule has 178 valence electrons. The number of carboxylic acids is 2. The van der Waals surface area contributed by atoms with E-state index in [1.54, 1.807) is 0 Å². The fourth-order valence-electron chi connectivity index (χ4n) is 4.55. The van der Waals surface area contributed by atoms with Gasteiger partial charge in [0.2, 0.25) is 0 Å². The smallest absolute Gasteiger partial charge is 0.414 e. The van der Waals surface area contributed by atoms with Crippen molar-refractivity contribution in [3.8, 4) is 0 Å². The van der Waals surface area contributed by atoms with Gasteiger partial charge in [-0.2, -0.15) is 0 Å². The van der Waals surface area contributed by atoms with E-state index in [2.05, 4.69) is 74.5 Å². The van der Waals surface area contributed by atoms with Gasteiger partial charge in [-0.05, 0) is 55.6 Å². The van der Waals surface area contributed by atoms with E-state index in [0.29, 0.717) is 0 Å². The van der Waals surface area contributed by atoms with E-state index in [4.69, 9.17) is 19.8 Å². The van der Waals surface area contributed by atoms with Crippen LogP contribution in [0.5, 0.6) is 0 Å². The van der Waals surface area contributed by atoms with Gasteiger partial charge in [0.15, 0.2) is 0 Å². The normalized spacial score (nSPS) is 14.2. The van der Waals surface area contributed by atoms with Gasteiger partial charge in [0.05, 0.1) is 0 Å². The average molecular weight is 463 g/mol. The molecule has 0 unspecified atom stereocenters. The minimum absolute atomic E-state index is 1.12. The van der Waals surface area contributed by atoms with Crippen LogP contribution in [-0.2, 0) is 16.0 Å². The molecule has 1 aliphatic heterocycles. The van der Waals surface area contributed by atoms with Crippen molar-refractivity contribution >= 4 is 39.4 Å². The number of hydrogen-bond donors (Lipinski definition) is 4. The maximum atomic E-state index is 9.10. The van der Waals surface area contributed by atoms with Crippen molar-refractivity contribution in [1.29, 1.82) is 0 Å². The third-order valence-corrected chi connectivity index (χ3v) is 6.31. The van der Waals surface area contributed by atoms with Gasteiger partial charge in [-0.3, -0.25) is 4.90 Å². The van der Waals surface area contributed by atoms with Gasteiger partial charge in [-0.1, -0.05) is 24.3 Å². The highest BCUT2D eigenvalue weighted by atomic mass is 16.4. The van der Waals surface area contributed by atoms with E-state index in [9.17, 15) is 0 Å². The molecular formula is C26H30N4O4. The molecule has 0 radical (unpaired) electrons. The number of para-hydroxylation sites is 1. The molecule has 0 spiro atoms. The van der Waals surface area contributed by atoms with Gasteiger partial charge in [0, 0.05) is 66.1 Å². The van der Waals surface area contributed by atoms with Crippen molar-refractivity contribution in [3.05, 3.63) is 66.5 Å². The Morgan fingerprint density at radius 1 is 0.794 bits per heavy atom. The molecule has 0 amide bonds. The molecule has 1 aliphatic rings. The summed E-state index contributed by atoms with van der Waals surface area (Å²) in [6, 6.07) is 17.4. The quantitative estimate of drug-likeness (QED) is 0.255. The van der Waals surface area contributed by atoms with Crippen LogP contribution in [0.3, 0.4) is 0 Å². The minimum Gasteiger partial charge on any atom is -0.473 e. The number of nitrogens with zero attached hydrogens (tertiary/aromatic N) is 2. The standard InChI is InChI=1S/C24H28N4.C2H2O4/c1-2-8-22-20(7-1)19(18-26-22)6-3-4-13-27-14-16-28(17-15-27)24-10-5-9-23-21(24)11-12-25-23;3-1(4)2(5)6/h1-2,5,7-12,18,25-26H,3-4,6,13-17H2;(H,3,4)(H,5,6).